The van der Waals surface area contributed by atoms with Gasteiger partial charge in [0.15, 0.2) is 0 Å². The van der Waals surface area contributed by atoms with Crippen LogP contribution in [0.4, 0.5) is 4.79 Å². The first-order valence-electron chi connectivity index (χ1n) is 9.40. The Labute approximate surface area is 179 Å². The van der Waals surface area contributed by atoms with Gasteiger partial charge in [0, 0.05) is 5.92 Å². The molecule has 2 aromatic rings. The van der Waals surface area contributed by atoms with E-state index in [1.165, 1.54) is 11.1 Å². The molecule has 1 aliphatic rings. The maximum atomic E-state index is 12.8. The summed E-state index contributed by atoms with van der Waals surface area (Å²) in [7, 11) is 0. The van der Waals surface area contributed by atoms with E-state index >= 15 is 0 Å². The lowest BCUT2D eigenvalue weighted by atomic mass is 9.98. The Bertz CT molecular complexity index is 795. The summed E-state index contributed by atoms with van der Waals surface area (Å²) in [6, 6.07) is 15.7. The van der Waals surface area contributed by atoms with Gasteiger partial charge in [-0.25, -0.2) is 4.79 Å². The highest BCUT2D eigenvalue weighted by Gasteiger charge is 2.33. The summed E-state index contributed by atoms with van der Waals surface area (Å²) in [5.74, 6) is -0.0583. The maximum Gasteiger partial charge on any atom is 0.434 e. The Morgan fingerprint density at radius 2 is 1.71 bits per heavy atom. The monoisotopic (exact) mass is 493 g/mol. The fraction of sp³-hybridized carbons (Fsp3) is 0.364. The highest BCUT2D eigenvalue weighted by molar-refractivity contribution is 14.1. The Balaban J connectivity index is 1.79. The zero-order valence-electron chi connectivity index (χ0n) is 16.0. The van der Waals surface area contributed by atoms with Gasteiger partial charge in [-0.15, -0.1) is 0 Å². The van der Waals surface area contributed by atoms with Gasteiger partial charge in [0.2, 0.25) is 0 Å². The van der Waals surface area contributed by atoms with Gasteiger partial charge >= 0.3 is 6.09 Å². The number of hydroxylamine groups is 2. The topological polar surface area (TPSA) is 55.8 Å². The normalized spacial score (nSPS) is 14.7. The van der Waals surface area contributed by atoms with Gasteiger partial charge in [-0.1, -0.05) is 91.4 Å². The van der Waals surface area contributed by atoms with Gasteiger partial charge in [-0.3, -0.25) is 4.84 Å². The number of halogens is 1. The number of benzene rings is 2. The number of carbonyl (C=O) groups excluding carboxylic acids is 2. The van der Waals surface area contributed by atoms with Crippen molar-refractivity contribution >= 4 is 35.0 Å². The third kappa shape index (κ3) is 4.07. The van der Waals surface area contributed by atoms with Crippen LogP contribution in [0, 0.1) is 5.92 Å². The zero-order chi connectivity index (χ0) is 20.1. The minimum Gasteiger partial charge on any atom is -0.447 e. The molecule has 0 fully saturated rings. The maximum absolute atomic E-state index is 12.8. The SMILES string of the molecule is CC[C@H](C)[C@@H](C=O)N(OCI)C(=O)OCC1c2ccccc2-c2ccccc21. The number of aldehydes is 1. The number of nitrogens with zero attached hydrogens (tertiary/aromatic N) is 1. The summed E-state index contributed by atoms with van der Waals surface area (Å²) in [5.41, 5.74) is 4.63. The largest absolute Gasteiger partial charge is 0.447 e. The first-order valence-corrected chi connectivity index (χ1v) is 10.9. The van der Waals surface area contributed by atoms with Gasteiger partial charge in [0.05, 0.1) is 0 Å². The summed E-state index contributed by atoms with van der Waals surface area (Å²) in [5, 5.41) is 1.08. The van der Waals surface area contributed by atoms with Crippen molar-refractivity contribution in [3.05, 3.63) is 59.7 Å². The molecule has 2 atom stereocenters. The first kappa shape index (κ1) is 20.8. The molecule has 0 bridgehead atoms. The van der Waals surface area contributed by atoms with Crippen LogP contribution in [0.15, 0.2) is 48.5 Å². The van der Waals surface area contributed by atoms with Crippen molar-refractivity contribution < 1.29 is 19.2 Å². The van der Waals surface area contributed by atoms with Crippen LogP contribution in [0.3, 0.4) is 0 Å². The van der Waals surface area contributed by atoms with Gasteiger partial charge in [-0.2, -0.15) is 5.06 Å². The molecular formula is C22H24INO4. The van der Waals surface area contributed by atoms with E-state index in [1.54, 1.807) is 0 Å². The number of hydrogen-bond acceptors (Lipinski definition) is 4. The van der Waals surface area contributed by atoms with Crippen molar-refractivity contribution in [3.63, 3.8) is 0 Å². The third-order valence-corrected chi connectivity index (χ3v) is 5.62. The second kappa shape index (κ2) is 9.52. The molecule has 1 aliphatic carbocycles. The van der Waals surface area contributed by atoms with Crippen LogP contribution in [-0.4, -0.2) is 34.7 Å². The fourth-order valence-corrected chi connectivity index (χ4v) is 3.93. The molecule has 0 aliphatic heterocycles. The molecule has 0 heterocycles. The standard InChI is InChI=1S/C22H24INO4/c1-3-15(2)21(12-25)24(28-14-23)22(26)27-13-20-18-10-6-4-8-16(18)17-9-5-7-11-19(17)20/h4-12,15,20-21H,3,13-14H2,1-2H3/t15-,21+/m0/s1. The van der Waals surface area contributed by atoms with E-state index in [4.69, 9.17) is 9.57 Å². The van der Waals surface area contributed by atoms with E-state index in [1.807, 2.05) is 60.7 Å². The lowest BCUT2D eigenvalue weighted by molar-refractivity contribution is -0.158. The van der Waals surface area contributed by atoms with Crippen LogP contribution in [0.2, 0.25) is 0 Å². The second-order valence-electron chi connectivity index (χ2n) is 6.88. The van der Waals surface area contributed by atoms with E-state index in [0.29, 0.717) is 0 Å². The van der Waals surface area contributed by atoms with Crippen molar-refractivity contribution in [2.75, 3.05) is 11.2 Å². The smallest absolute Gasteiger partial charge is 0.434 e. The zero-order valence-corrected chi connectivity index (χ0v) is 18.2. The number of amides is 1. The van der Waals surface area contributed by atoms with Crippen molar-refractivity contribution in [1.29, 1.82) is 0 Å². The molecule has 0 N–H and O–H groups in total. The molecule has 5 nitrogen and oxygen atoms in total. The second-order valence-corrected chi connectivity index (χ2v) is 7.50. The molecule has 6 heteroatoms. The summed E-state index contributed by atoms with van der Waals surface area (Å²) >= 11 is 2.00. The van der Waals surface area contributed by atoms with E-state index in [-0.39, 0.29) is 23.1 Å². The number of alkyl halides is 1. The van der Waals surface area contributed by atoms with Crippen molar-refractivity contribution in [3.8, 4) is 11.1 Å². The summed E-state index contributed by atoms with van der Waals surface area (Å²) in [6.45, 7) is 4.08. The summed E-state index contributed by atoms with van der Waals surface area (Å²) in [4.78, 5) is 29.8. The molecule has 0 radical (unpaired) electrons. The van der Waals surface area contributed by atoms with E-state index < -0.39 is 12.1 Å². The summed E-state index contributed by atoms with van der Waals surface area (Å²) in [6.07, 6.45) is 0.874. The van der Waals surface area contributed by atoms with Crippen LogP contribution in [0.5, 0.6) is 0 Å². The number of carbonyl (C=O) groups is 2. The molecule has 0 saturated carbocycles. The average molecular weight is 493 g/mol. The molecular weight excluding hydrogens is 469 g/mol. The molecule has 28 heavy (non-hydrogen) atoms. The van der Waals surface area contributed by atoms with Gasteiger partial charge in [0.1, 0.15) is 23.5 Å². The lowest BCUT2D eigenvalue weighted by Crippen LogP contribution is -2.45. The number of rotatable bonds is 8. The fourth-order valence-electron chi connectivity index (χ4n) is 3.63. The molecule has 148 valence electrons. The number of fused-ring (bicyclic) bond motifs is 3. The Kier molecular flexibility index (Phi) is 7.07. The predicted molar refractivity (Wildman–Crippen MR) is 116 cm³/mol. The summed E-state index contributed by atoms with van der Waals surface area (Å²) < 4.78 is 5.88. The predicted octanol–water partition coefficient (Wildman–Crippen LogP) is 5.18. The van der Waals surface area contributed by atoms with Crippen LogP contribution >= 0.6 is 22.6 Å². The molecule has 0 aromatic heterocycles. The van der Waals surface area contributed by atoms with Crippen LogP contribution in [0.1, 0.15) is 37.3 Å². The van der Waals surface area contributed by atoms with Crippen molar-refractivity contribution in [2.24, 2.45) is 5.92 Å². The van der Waals surface area contributed by atoms with Crippen LogP contribution in [-0.2, 0) is 14.4 Å². The number of ether oxygens (including phenoxy) is 1. The van der Waals surface area contributed by atoms with Crippen molar-refractivity contribution in [1.82, 2.24) is 5.06 Å². The molecule has 3 rings (SSSR count). The van der Waals surface area contributed by atoms with Gasteiger partial charge < -0.3 is 9.53 Å². The first-order chi connectivity index (χ1) is 13.6. The quantitative estimate of drug-likeness (QED) is 0.220. The van der Waals surface area contributed by atoms with Crippen LogP contribution < -0.4 is 0 Å². The van der Waals surface area contributed by atoms with E-state index in [2.05, 4.69) is 24.3 Å². The minimum atomic E-state index is -0.671. The Morgan fingerprint density at radius 3 is 2.21 bits per heavy atom. The average Bonchev–Trinajstić information content (AvgIpc) is 3.05. The van der Waals surface area contributed by atoms with Gasteiger partial charge in [-0.05, 0) is 28.2 Å². The van der Waals surface area contributed by atoms with E-state index in [0.717, 1.165) is 28.9 Å². The van der Waals surface area contributed by atoms with E-state index in [9.17, 15) is 9.59 Å². The Morgan fingerprint density at radius 1 is 1.14 bits per heavy atom. The molecule has 1 amide bonds. The van der Waals surface area contributed by atoms with Gasteiger partial charge in [0.25, 0.3) is 0 Å². The Hall–Kier alpha value is -1.93. The molecule has 2 aromatic carbocycles. The molecule has 0 saturated heterocycles. The highest BCUT2D eigenvalue weighted by Crippen LogP contribution is 2.44. The van der Waals surface area contributed by atoms with Crippen LogP contribution in [0.25, 0.3) is 11.1 Å². The van der Waals surface area contributed by atoms with Crippen molar-refractivity contribution in [2.45, 2.75) is 32.2 Å². The number of hydrogen-bond donors (Lipinski definition) is 0. The minimum absolute atomic E-state index is 0.0269. The molecule has 0 spiro atoms. The molecule has 0 unspecified atom stereocenters. The highest BCUT2D eigenvalue weighted by atomic mass is 127. The third-order valence-electron chi connectivity index (χ3n) is 5.34. The lowest BCUT2D eigenvalue weighted by Gasteiger charge is -2.29.